The topological polar surface area (TPSA) is 119 Å². The first kappa shape index (κ1) is 23.8. The number of nitrogens with zero attached hydrogens (tertiary/aromatic N) is 2. The van der Waals surface area contributed by atoms with Crippen LogP contribution in [0.4, 0.5) is 4.39 Å². The van der Waals surface area contributed by atoms with Crippen LogP contribution in [0.2, 0.25) is 5.02 Å². The number of halogens is 2. The van der Waals surface area contributed by atoms with Crippen molar-refractivity contribution < 1.29 is 31.9 Å². The first-order valence-corrected chi connectivity index (χ1v) is 11.3. The highest BCUT2D eigenvalue weighted by Crippen LogP contribution is 2.37. The lowest BCUT2D eigenvalue weighted by Crippen LogP contribution is -2.50. The molecule has 1 aliphatic rings. The minimum Gasteiger partial charge on any atom is -0.493 e. The van der Waals surface area contributed by atoms with Crippen molar-refractivity contribution in [1.29, 1.82) is 0 Å². The van der Waals surface area contributed by atoms with E-state index >= 15 is 0 Å². The van der Waals surface area contributed by atoms with E-state index in [1.54, 1.807) is 0 Å². The highest BCUT2D eigenvalue weighted by atomic mass is 35.5. The normalized spacial score (nSPS) is 14.8. The largest absolute Gasteiger partial charge is 0.493 e. The van der Waals surface area contributed by atoms with Crippen LogP contribution in [-0.4, -0.2) is 69.3 Å². The summed E-state index contributed by atoms with van der Waals surface area (Å²) in [5.41, 5.74) is 5.27. The lowest BCUT2D eigenvalue weighted by atomic mass is 10.1. The molecule has 32 heavy (non-hydrogen) atoms. The van der Waals surface area contributed by atoms with Crippen LogP contribution in [0.5, 0.6) is 11.5 Å². The highest BCUT2D eigenvalue weighted by molar-refractivity contribution is 7.89. The van der Waals surface area contributed by atoms with Crippen LogP contribution in [-0.2, 0) is 14.8 Å². The SMILES string of the molecule is COc1cc(C(=O)N2CCN(S(=O)(=O)c3ccccc3F)CC2)cc(Cl)c1OCC(N)=O. The van der Waals surface area contributed by atoms with Crippen molar-refractivity contribution in [3.63, 3.8) is 0 Å². The Balaban J connectivity index is 1.73. The van der Waals surface area contributed by atoms with E-state index in [0.29, 0.717) is 0 Å². The molecule has 12 heteroatoms. The molecule has 1 saturated heterocycles. The van der Waals surface area contributed by atoms with E-state index in [1.165, 1.54) is 42.3 Å². The van der Waals surface area contributed by atoms with E-state index < -0.39 is 39.2 Å². The zero-order valence-corrected chi connectivity index (χ0v) is 18.7. The van der Waals surface area contributed by atoms with Gasteiger partial charge in [0.05, 0.1) is 12.1 Å². The molecule has 0 bridgehead atoms. The van der Waals surface area contributed by atoms with Gasteiger partial charge in [-0.05, 0) is 24.3 Å². The molecule has 0 atom stereocenters. The number of hydrogen-bond donors (Lipinski definition) is 1. The van der Waals surface area contributed by atoms with Crippen LogP contribution in [0.15, 0.2) is 41.3 Å². The van der Waals surface area contributed by atoms with Gasteiger partial charge in [0.1, 0.15) is 10.7 Å². The molecule has 0 aliphatic carbocycles. The number of carbonyl (C=O) groups excluding carboxylic acids is 2. The summed E-state index contributed by atoms with van der Waals surface area (Å²) in [5.74, 6) is -1.71. The molecule has 1 aliphatic heterocycles. The maximum atomic E-state index is 14.0. The smallest absolute Gasteiger partial charge is 0.255 e. The Labute approximate surface area is 189 Å². The lowest BCUT2D eigenvalue weighted by Gasteiger charge is -2.34. The van der Waals surface area contributed by atoms with Gasteiger partial charge in [-0.15, -0.1) is 0 Å². The fourth-order valence-electron chi connectivity index (χ4n) is 3.23. The molecule has 0 spiro atoms. The third-order valence-corrected chi connectivity index (χ3v) is 7.03. The van der Waals surface area contributed by atoms with E-state index in [1.807, 2.05) is 0 Å². The minimum atomic E-state index is -4.02. The molecule has 2 aromatic carbocycles. The molecule has 0 unspecified atom stereocenters. The van der Waals surface area contributed by atoms with Gasteiger partial charge in [0.2, 0.25) is 10.0 Å². The number of nitrogens with two attached hydrogens (primary N) is 1. The molecular formula is C20H21ClFN3O6S. The quantitative estimate of drug-likeness (QED) is 0.634. The van der Waals surface area contributed by atoms with Crippen LogP contribution in [0.1, 0.15) is 10.4 Å². The van der Waals surface area contributed by atoms with Gasteiger partial charge in [-0.1, -0.05) is 23.7 Å². The predicted molar refractivity (Wildman–Crippen MR) is 114 cm³/mol. The molecule has 2 amide bonds. The summed E-state index contributed by atoms with van der Waals surface area (Å²) in [6.07, 6.45) is 0. The third kappa shape index (κ3) is 4.95. The fourth-order valence-corrected chi connectivity index (χ4v) is 4.99. The average Bonchev–Trinajstić information content (AvgIpc) is 2.77. The number of sulfonamides is 1. The van der Waals surface area contributed by atoms with Crippen molar-refractivity contribution in [2.24, 2.45) is 5.73 Å². The number of methoxy groups -OCH3 is 1. The zero-order chi connectivity index (χ0) is 23.5. The van der Waals surface area contributed by atoms with Crippen LogP contribution >= 0.6 is 11.6 Å². The van der Waals surface area contributed by atoms with Gasteiger partial charge in [0.25, 0.3) is 11.8 Å². The molecule has 0 saturated carbocycles. The Hall–Kier alpha value is -2.89. The summed E-state index contributed by atoms with van der Waals surface area (Å²) in [4.78, 5) is 25.0. The van der Waals surface area contributed by atoms with Crippen LogP contribution < -0.4 is 15.2 Å². The number of rotatable bonds is 7. The molecule has 2 aromatic rings. The van der Waals surface area contributed by atoms with Crippen molar-refractivity contribution in [3.05, 3.63) is 52.8 Å². The van der Waals surface area contributed by atoms with Gasteiger partial charge in [-0.25, -0.2) is 12.8 Å². The Morgan fingerprint density at radius 1 is 1.16 bits per heavy atom. The lowest BCUT2D eigenvalue weighted by molar-refractivity contribution is -0.119. The van der Waals surface area contributed by atoms with E-state index in [-0.39, 0.29) is 48.3 Å². The summed E-state index contributed by atoms with van der Waals surface area (Å²) in [6.45, 7) is -0.194. The van der Waals surface area contributed by atoms with Crippen molar-refractivity contribution in [2.75, 3.05) is 39.9 Å². The van der Waals surface area contributed by atoms with Gasteiger partial charge in [0.15, 0.2) is 18.1 Å². The number of benzene rings is 2. The number of hydrogen-bond acceptors (Lipinski definition) is 6. The molecule has 2 N–H and O–H groups in total. The molecular weight excluding hydrogens is 465 g/mol. The highest BCUT2D eigenvalue weighted by Gasteiger charge is 2.32. The van der Waals surface area contributed by atoms with Crippen LogP contribution in [0.3, 0.4) is 0 Å². The Morgan fingerprint density at radius 2 is 1.81 bits per heavy atom. The number of carbonyl (C=O) groups is 2. The fraction of sp³-hybridized carbons (Fsp3) is 0.300. The maximum absolute atomic E-state index is 14.0. The molecule has 3 rings (SSSR count). The summed E-state index contributed by atoms with van der Waals surface area (Å²) in [5, 5.41) is 0.0507. The maximum Gasteiger partial charge on any atom is 0.255 e. The summed E-state index contributed by atoms with van der Waals surface area (Å²) in [6, 6.07) is 7.93. The molecule has 1 fully saturated rings. The van der Waals surface area contributed by atoms with E-state index in [4.69, 9.17) is 26.8 Å². The Morgan fingerprint density at radius 3 is 2.41 bits per heavy atom. The van der Waals surface area contributed by atoms with Crippen molar-refractivity contribution in [3.8, 4) is 11.5 Å². The molecule has 172 valence electrons. The van der Waals surface area contributed by atoms with Gasteiger partial charge >= 0.3 is 0 Å². The number of piperazine rings is 1. The summed E-state index contributed by atoms with van der Waals surface area (Å²) < 4.78 is 51.0. The zero-order valence-electron chi connectivity index (χ0n) is 17.1. The standard InChI is InChI=1S/C20H21ClFN3O6S/c1-30-16-11-13(10-14(21)19(16)31-12-18(23)26)20(27)24-6-8-25(9-7-24)32(28,29)17-5-3-2-4-15(17)22/h2-5,10-11H,6-9,12H2,1H3,(H2,23,26). The molecule has 0 aromatic heterocycles. The van der Waals surface area contributed by atoms with Gasteiger partial charge in [-0.3, -0.25) is 9.59 Å². The first-order valence-electron chi connectivity index (χ1n) is 9.47. The molecule has 0 radical (unpaired) electrons. The van der Waals surface area contributed by atoms with Crippen molar-refractivity contribution in [1.82, 2.24) is 9.21 Å². The van der Waals surface area contributed by atoms with Crippen LogP contribution in [0, 0.1) is 5.82 Å². The van der Waals surface area contributed by atoms with Crippen molar-refractivity contribution in [2.45, 2.75) is 4.90 Å². The Kier molecular flexibility index (Phi) is 7.22. The number of amides is 2. The average molecular weight is 486 g/mol. The molecule has 1 heterocycles. The first-order chi connectivity index (χ1) is 15.1. The van der Waals surface area contributed by atoms with Gasteiger partial charge < -0.3 is 20.1 Å². The van der Waals surface area contributed by atoms with Gasteiger partial charge in [-0.2, -0.15) is 4.31 Å². The van der Waals surface area contributed by atoms with Gasteiger partial charge in [0, 0.05) is 31.7 Å². The van der Waals surface area contributed by atoms with Crippen molar-refractivity contribution >= 4 is 33.4 Å². The van der Waals surface area contributed by atoms with E-state index in [9.17, 15) is 22.4 Å². The molecule has 9 nitrogen and oxygen atoms in total. The Bertz CT molecular complexity index is 1140. The predicted octanol–water partition coefficient (Wildman–Crippen LogP) is 1.50. The van der Waals surface area contributed by atoms with E-state index in [2.05, 4.69) is 0 Å². The number of ether oxygens (including phenoxy) is 2. The van der Waals surface area contributed by atoms with E-state index in [0.717, 1.165) is 10.4 Å². The second-order valence-corrected chi connectivity index (χ2v) is 9.18. The summed E-state index contributed by atoms with van der Waals surface area (Å²) in [7, 11) is -2.67. The third-order valence-electron chi connectivity index (χ3n) is 4.82. The minimum absolute atomic E-state index is 0.00702. The van der Waals surface area contributed by atoms with Crippen LogP contribution in [0.25, 0.3) is 0 Å². The second kappa shape index (κ2) is 9.72. The summed E-state index contributed by atoms with van der Waals surface area (Å²) >= 11 is 6.19. The second-order valence-electron chi connectivity index (χ2n) is 6.87. The number of primary amides is 1. The monoisotopic (exact) mass is 485 g/mol.